The van der Waals surface area contributed by atoms with Crippen molar-refractivity contribution in [1.29, 1.82) is 0 Å². The molecule has 0 saturated heterocycles. The molecule has 0 aliphatic carbocycles. The molecule has 2 heterocycles. The Morgan fingerprint density at radius 2 is 1.28 bits per heavy atom. The lowest BCUT2D eigenvalue weighted by atomic mass is 10.0. The Balaban J connectivity index is 0.000000218. The van der Waals surface area contributed by atoms with Crippen LogP contribution in [0.4, 0.5) is 20.4 Å². The highest BCUT2D eigenvalue weighted by Crippen LogP contribution is 2.19. The molecule has 0 aliphatic rings. The van der Waals surface area contributed by atoms with Crippen molar-refractivity contribution >= 4 is 69.1 Å². The molecule has 0 radical (unpaired) electrons. The third-order valence-corrected chi connectivity index (χ3v) is 6.06. The molecule has 4 rings (SSSR count). The lowest BCUT2D eigenvalue weighted by molar-refractivity contribution is -0.0756. The summed E-state index contributed by atoms with van der Waals surface area (Å²) in [5.74, 6) is -1.53. The molecule has 0 bridgehead atoms. The number of hydrogen-bond acceptors (Lipinski definition) is 7. The van der Waals surface area contributed by atoms with E-state index in [2.05, 4.69) is 9.97 Å². The molecule has 0 spiro atoms. The van der Waals surface area contributed by atoms with Gasteiger partial charge in [0.2, 0.25) is 0 Å². The van der Waals surface area contributed by atoms with Crippen molar-refractivity contribution in [3.05, 3.63) is 115 Å². The number of pyridine rings is 2. The van der Waals surface area contributed by atoms with Crippen LogP contribution >= 0.6 is 45.8 Å². The molecule has 1 amide bonds. The van der Waals surface area contributed by atoms with E-state index in [9.17, 15) is 18.4 Å². The van der Waals surface area contributed by atoms with Gasteiger partial charge in [0.1, 0.15) is 33.6 Å². The number of aromatic nitrogens is 2. The summed E-state index contributed by atoms with van der Waals surface area (Å²) in [7, 11) is 2.87. The number of amides is 1. The Morgan fingerprint density at radius 3 is 1.72 bits per heavy atom. The topological polar surface area (TPSA) is 124 Å². The number of nitrogens with zero attached hydrogens (tertiary/aromatic N) is 3. The third kappa shape index (κ3) is 9.39. The lowest BCUT2D eigenvalue weighted by Crippen LogP contribution is -2.26. The SMILES string of the molecule is CON(C)C(=O)c1ccc(Cl)nc1N.Fc1ccccc1I.Nc1nc(Cl)ccc1C(=O)c1ccccc1F. The second kappa shape index (κ2) is 15.3. The molecule has 0 aliphatic heterocycles. The fourth-order valence-corrected chi connectivity index (χ4v) is 3.45. The summed E-state index contributed by atoms with van der Waals surface area (Å²) >= 11 is 13.2. The van der Waals surface area contributed by atoms with Crippen molar-refractivity contribution in [2.24, 2.45) is 0 Å². The van der Waals surface area contributed by atoms with E-state index in [4.69, 9.17) is 39.5 Å². The van der Waals surface area contributed by atoms with Gasteiger partial charge < -0.3 is 11.5 Å². The maximum Gasteiger partial charge on any atom is 0.280 e. The first-order chi connectivity index (χ1) is 18.5. The first-order valence-electron chi connectivity index (χ1n) is 10.8. The summed E-state index contributed by atoms with van der Waals surface area (Å²) < 4.78 is 26.4. The summed E-state index contributed by atoms with van der Waals surface area (Å²) in [4.78, 5) is 35.8. The zero-order chi connectivity index (χ0) is 29.1. The van der Waals surface area contributed by atoms with Gasteiger partial charge >= 0.3 is 0 Å². The monoisotopic (exact) mass is 687 g/mol. The van der Waals surface area contributed by atoms with E-state index in [1.165, 1.54) is 62.7 Å². The van der Waals surface area contributed by atoms with Gasteiger partial charge in [0.25, 0.3) is 5.91 Å². The number of rotatable bonds is 4. The van der Waals surface area contributed by atoms with E-state index in [0.29, 0.717) is 3.57 Å². The summed E-state index contributed by atoms with van der Waals surface area (Å²) in [6, 6.07) is 18.2. The number of anilines is 2. The van der Waals surface area contributed by atoms with Crippen molar-refractivity contribution in [3.63, 3.8) is 0 Å². The Bertz CT molecular complexity index is 1440. The third-order valence-electron chi connectivity index (χ3n) is 4.76. The number of benzene rings is 2. The lowest BCUT2D eigenvalue weighted by Gasteiger charge is -2.14. The highest BCUT2D eigenvalue weighted by Gasteiger charge is 2.17. The Hall–Kier alpha value is -3.39. The maximum absolute atomic E-state index is 13.4. The Morgan fingerprint density at radius 1 is 0.795 bits per heavy atom. The van der Waals surface area contributed by atoms with Gasteiger partial charge in [0.05, 0.1) is 23.8 Å². The van der Waals surface area contributed by atoms with Crippen LogP contribution in [0.2, 0.25) is 10.3 Å². The molecule has 0 unspecified atom stereocenters. The summed E-state index contributed by atoms with van der Waals surface area (Å²) in [6.07, 6.45) is 0. The van der Waals surface area contributed by atoms with Crippen LogP contribution in [0.1, 0.15) is 26.3 Å². The van der Waals surface area contributed by atoms with Gasteiger partial charge in [-0.2, -0.15) is 0 Å². The van der Waals surface area contributed by atoms with Crippen LogP contribution in [0.25, 0.3) is 0 Å². The molecule has 4 N–H and O–H groups in total. The molecule has 0 saturated carbocycles. The van der Waals surface area contributed by atoms with Crippen molar-refractivity contribution in [3.8, 4) is 0 Å². The summed E-state index contributed by atoms with van der Waals surface area (Å²) in [5.41, 5.74) is 11.4. The van der Waals surface area contributed by atoms with E-state index in [1.54, 1.807) is 18.2 Å². The second-order valence-corrected chi connectivity index (χ2v) is 9.28. The normalized spacial score (nSPS) is 9.92. The summed E-state index contributed by atoms with van der Waals surface area (Å²) in [6.45, 7) is 0. The van der Waals surface area contributed by atoms with Crippen molar-refractivity contribution < 1.29 is 23.2 Å². The van der Waals surface area contributed by atoms with Crippen molar-refractivity contribution in [1.82, 2.24) is 15.0 Å². The van der Waals surface area contributed by atoms with E-state index < -0.39 is 11.6 Å². The molecule has 8 nitrogen and oxygen atoms in total. The van der Waals surface area contributed by atoms with E-state index in [-0.39, 0.29) is 50.4 Å². The average molecular weight is 688 g/mol. The minimum absolute atomic E-state index is 0.00856. The van der Waals surface area contributed by atoms with Crippen LogP contribution in [0, 0.1) is 15.2 Å². The highest BCUT2D eigenvalue weighted by molar-refractivity contribution is 14.1. The first-order valence-corrected chi connectivity index (χ1v) is 12.6. The molecule has 204 valence electrons. The van der Waals surface area contributed by atoms with E-state index in [1.807, 2.05) is 28.7 Å². The molecule has 2 aromatic carbocycles. The summed E-state index contributed by atoms with van der Waals surface area (Å²) in [5, 5.41) is 1.49. The van der Waals surface area contributed by atoms with Gasteiger partial charge in [-0.25, -0.2) is 23.8 Å². The van der Waals surface area contributed by atoms with Gasteiger partial charge in [-0.3, -0.25) is 14.4 Å². The highest BCUT2D eigenvalue weighted by atomic mass is 127. The zero-order valence-electron chi connectivity index (χ0n) is 20.5. The molecular formula is C26H22Cl2F2IN5O3. The first kappa shape index (κ1) is 31.8. The van der Waals surface area contributed by atoms with Gasteiger partial charge in [-0.05, 0) is 71.1 Å². The van der Waals surface area contributed by atoms with Crippen molar-refractivity contribution in [2.75, 3.05) is 25.6 Å². The van der Waals surface area contributed by atoms with Gasteiger partial charge in [-0.1, -0.05) is 47.5 Å². The second-order valence-electron chi connectivity index (χ2n) is 7.34. The number of nitrogens with two attached hydrogens (primary N) is 2. The zero-order valence-corrected chi connectivity index (χ0v) is 24.2. The number of hydroxylamine groups is 2. The minimum atomic E-state index is -0.591. The van der Waals surface area contributed by atoms with Crippen LogP contribution in [0.15, 0.2) is 72.8 Å². The van der Waals surface area contributed by atoms with Crippen LogP contribution in [-0.4, -0.2) is 40.9 Å². The number of halogens is 5. The smallest absolute Gasteiger partial charge is 0.280 e. The van der Waals surface area contributed by atoms with Gasteiger partial charge in [-0.15, -0.1) is 0 Å². The molecule has 39 heavy (non-hydrogen) atoms. The standard InChI is InChI=1S/C12H8ClFN2O.C8H10ClN3O2.C6H4FI/c13-10-6-5-8(12(15)16-10)11(17)7-3-1-2-4-9(7)14;1-12(14-2)8(13)5-3-4-6(9)11-7(5)10;7-5-3-1-2-4-6(5)8/h1-6H,(H2,15,16);3-4H,1-2H3,(H2,10,11);1-4H. The quantitative estimate of drug-likeness (QED) is 0.116. The predicted octanol–water partition coefficient (Wildman–Crippen LogP) is 6.07. The van der Waals surface area contributed by atoms with E-state index in [0.717, 1.165) is 5.06 Å². The maximum atomic E-state index is 13.4. The Labute approximate surface area is 247 Å². The average Bonchev–Trinajstić information content (AvgIpc) is 2.90. The van der Waals surface area contributed by atoms with Gasteiger partial charge in [0, 0.05) is 10.6 Å². The molecule has 2 aromatic heterocycles. The van der Waals surface area contributed by atoms with E-state index >= 15 is 0 Å². The molecule has 0 atom stereocenters. The largest absolute Gasteiger partial charge is 0.383 e. The fraction of sp³-hybridized carbons (Fsp3) is 0.0769. The number of carbonyl (C=O) groups is 2. The van der Waals surface area contributed by atoms with Gasteiger partial charge in [0.15, 0.2) is 5.78 Å². The van der Waals surface area contributed by atoms with Crippen LogP contribution in [-0.2, 0) is 4.84 Å². The fourth-order valence-electron chi connectivity index (χ4n) is 2.76. The number of nitrogen functional groups attached to an aromatic ring is 2. The van der Waals surface area contributed by atoms with Crippen LogP contribution in [0.3, 0.4) is 0 Å². The molecular weight excluding hydrogens is 666 g/mol. The molecule has 13 heteroatoms. The predicted molar refractivity (Wildman–Crippen MR) is 155 cm³/mol. The molecule has 0 fully saturated rings. The Kier molecular flexibility index (Phi) is 12.5. The minimum Gasteiger partial charge on any atom is -0.383 e. The molecule has 4 aromatic rings. The van der Waals surface area contributed by atoms with Crippen molar-refractivity contribution in [2.45, 2.75) is 0 Å². The number of hydrogen-bond donors (Lipinski definition) is 2. The van der Waals surface area contributed by atoms with Crippen LogP contribution in [0.5, 0.6) is 0 Å². The van der Waals surface area contributed by atoms with Crippen LogP contribution < -0.4 is 11.5 Å². The number of carbonyl (C=O) groups excluding carboxylic acids is 2. The number of ketones is 1.